The lowest BCUT2D eigenvalue weighted by atomic mass is 10.1. The Labute approximate surface area is 158 Å². The molecule has 0 heterocycles. The van der Waals surface area contributed by atoms with Crippen molar-refractivity contribution in [3.63, 3.8) is 0 Å². The van der Waals surface area contributed by atoms with Gasteiger partial charge in [0.05, 0.1) is 13.2 Å². The van der Waals surface area contributed by atoms with E-state index >= 15 is 0 Å². The molecule has 0 aliphatic carbocycles. The fourth-order valence-electron chi connectivity index (χ4n) is 2.42. The number of nitrogens with one attached hydrogen (secondary N) is 1. The van der Waals surface area contributed by atoms with Crippen molar-refractivity contribution in [1.82, 2.24) is 5.32 Å². The molecule has 0 aliphatic rings. The van der Waals surface area contributed by atoms with Crippen LogP contribution in [0.25, 0.3) is 0 Å². The molecule has 0 spiro atoms. The molecule has 0 saturated heterocycles. The Morgan fingerprint density at radius 3 is 2.44 bits per heavy atom. The smallest absolute Gasteiger partial charge is 0.341 e. The molecule has 7 nitrogen and oxygen atoms in total. The quantitative estimate of drug-likeness (QED) is 0.420. The highest BCUT2D eigenvalue weighted by atomic mass is 16.5. The minimum atomic E-state index is -0.994. The molecule has 0 amide bonds. The predicted octanol–water partition coefficient (Wildman–Crippen LogP) is 1.95. The van der Waals surface area contributed by atoms with Crippen molar-refractivity contribution in [3.05, 3.63) is 53.6 Å². The number of benzene rings is 2. The number of phenols is 1. The van der Waals surface area contributed by atoms with Gasteiger partial charge in [0.25, 0.3) is 0 Å². The molecule has 4 N–H and O–H groups in total. The first-order valence-corrected chi connectivity index (χ1v) is 8.78. The summed E-state index contributed by atoms with van der Waals surface area (Å²) in [5.41, 5.74) is 1.59. The number of rotatable bonds is 12. The Morgan fingerprint density at radius 2 is 1.74 bits per heavy atom. The molecule has 0 unspecified atom stereocenters. The van der Waals surface area contributed by atoms with Gasteiger partial charge in [-0.25, -0.2) is 4.79 Å². The van der Waals surface area contributed by atoms with Gasteiger partial charge in [-0.15, -0.1) is 0 Å². The average Bonchev–Trinajstić information content (AvgIpc) is 2.67. The maximum absolute atomic E-state index is 10.4. The van der Waals surface area contributed by atoms with Gasteiger partial charge in [0.2, 0.25) is 0 Å². The molecule has 0 atom stereocenters. The van der Waals surface area contributed by atoms with Crippen molar-refractivity contribution in [2.45, 2.75) is 19.4 Å². The second-order valence-electron chi connectivity index (χ2n) is 5.98. The first-order chi connectivity index (χ1) is 13.1. The molecule has 0 aliphatic heterocycles. The van der Waals surface area contributed by atoms with Gasteiger partial charge < -0.3 is 30.1 Å². The molecule has 27 heavy (non-hydrogen) atoms. The van der Waals surface area contributed by atoms with Gasteiger partial charge in [0.1, 0.15) is 17.2 Å². The lowest BCUT2D eigenvalue weighted by Crippen LogP contribution is -2.20. The van der Waals surface area contributed by atoms with Crippen molar-refractivity contribution in [2.75, 3.05) is 26.3 Å². The summed E-state index contributed by atoms with van der Waals surface area (Å²) in [6.07, 6.45) is 1.69. The lowest BCUT2D eigenvalue weighted by Gasteiger charge is -2.09. The highest BCUT2D eigenvalue weighted by Crippen LogP contribution is 2.22. The van der Waals surface area contributed by atoms with E-state index < -0.39 is 5.97 Å². The number of hydrogen-bond donors (Lipinski definition) is 4. The molecule has 0 fully saturated rings. The highest BCUT2D eigenvalue weighted by Gasteiger charge is 2.03. The van der Waals surface area contributed by atoms with E-state index in [2.05, 4.69) is 5.32 Å². The summed E-state index contributed by atoms with van der Waals surface area (Å²) in [5.74, 6) is 0.242. The van der Waals surface area contributed by atoms with Crippen LogP contribution in [0.4, 0.5) is 0 Å². The Kier molecular flexibility index (Phi) is 8.41. The van der Waals surface area contributed by atoms with Gasteiger partial charge >= 0.3 is 5.97 Å². The predicted molar refractivity (Wildman–Crippen MR) is 100 cm³/mol. The van der Waals surface area contributed by atoms with Crippen molar-refractivity contribution < 1.29 is 29.6 Å². The number of aliphatic hydroxyl groups excluding tert-OH is 1. The zero-order valence-corrected chi connectivity index (χ0v) is 15.1. The van der Waals surface area contributed by atoms with Gasteiger partial charge in [-0.1, -0.05) is 12.1 Å². The third-order valence-electron chi connectivity index (χ3n) is 3.86. The SMILES string of the molecule is O=C(O)COc1ccc(CCNCCCOc2ccc(O)c(CO)c2)cc1. The number of carbonyl (C=O) groups is 1. The third kappa shape index (κ3) is 7.55. The van der Waals surface area contributed by atoms with Crippen LogP contribution < -0.4 is 14.8 Å². The normalized spacial score (nSPS) is 10.6. The third-order valence-corrected chi connectivity index (χ3v) is 3.86. The van der Waals surface area contributed by atoms with E-state index in [-0.39, 0.29) is 19.0 Å². The molecule has 7 heteroatoms. The van der Waals surface area contributed by atoms with E-state index in [9.17, 15) is 9.90 Å². The molecule has 2 aromatic carbocycles. The first-order valence-electron chi connectivity index (χ1n) is 8.78. The minimum absolute atomic E-state index is 0.0630. The van der Waals surface area contributed by atoms with Gasteiger partial charge in [-0.05, 0) is 61.8 Å². The summed E-state index contributed by atoms with van der Waals surface area (Å²) < 4.78 is 10.7. The molecule has 2 rings (SSSR count). The fourth-order valence-corrected chi connectivity index (χ4v) is 2.42. The number of carboxylic acid groups (broad SMARTS) is 1. The summed E-state index contributed by atoms with van der Waals surface area (Å²) in [6, 6.07) is 12.2. The molecule has 0 bridgehead atoms. The van der Waals surface area contributed by atoms with Crippen molar-refractivity contribution in [2.24, 2.45) is 0 Å². The van der Waals surface area contributed by atoms with E-state index in [0.29, 0.717) is 23.7 Å². The Balaban J connectivity index is 1.57. The Morgan fingerprint density at radius 1 is 1.00 bits per heavy atom. The molecular weight excluding hydrogens is 350 g/mol. The zero-order valence-electron chi connectivity index (χ0n) is 15.1. The molecule has 0 radical (unpaired) electrons. The van der Waals surface area contributed by atoms with Gasteiger partial charge in [0, 0.05) is 5.56 Å². The molecule has 0 saturated carbocycles. The van der Waals surface area contributed by atoms with Crippen LogP contribution in [0.5, 0.6) is 17.2 Å². The number of carboxylic acids is 1. The van der Waals surface area contributed by atoms with Crippen LogP contribution in [-0.2, 0) is 17.8 Å². The van der Waals surface area contributed by atoms with Gasteiger partial charge in [0.15, 0.2) is 6.61 Å². The van der Waals surface area contributed by atoms with Crippen LogP contribution in [0.15, 0.2) is 42.5 Å². The van der Waals surface area contributed by atoms with E-state index in [1.54, 1.807) is 24.3 Å². The van der Waals surface area contributed by atoms with Gasteiger partial charge in [-0.3, -0.25) is 0 Å². The van der Waals surface area contributed by atoms with E-state index in [1.807, 2.05) is 12.1 Å². The molecular formula is C20H25NO6. The van der Waals surface area contributed by atoms with Gasteiger partial charge in [-0.2, -0.15) is 0 Å². The highest BCUT2D eigenvalue weighted by molar-refractivity contribution is 5.68. The summed E-state index contributed by atoms with van der Waals surface area (Å²) >= 11 is 0. The van der Waals surface area contributed by atoms with E-state index in [4.69, 9.17) is 19.7 Å². The van der Waals surface area contributed by atoms with Crippen LogP contribution in [-0.4, -0.2) is 47.6 Å². The average molecular weight is 375 g/mol. The van der Waals surface area contributed by atoms with E-state index in [1.165, 1.54) is 6.07 Å². The minimum Gasteiger partial charge on any atom is -0.508 e. The fraction of sp³-hybridized carbons (Fsp3) is 0.350. The molecule has 146 valence electrons. The summed E-state index contributed by atoms with van der Waals surface area (Å²) in [7, 11) is 0. The number of aliphatic carboxylic acids is 1. The van der Waals surface area contributed by atoms with Crippen LogP contribution in [0.1, 0.15) is 17.5 Å². The summed E-state index contributed by atoms with van der Waals surface area (Å²) in [5, 5.41) is 30.5. The second-order valence-corrected chi connectivity index (χ2v) is 5.98. The number of aliphatic hydroxyl groups is 1. The lowest BCUT2D eigenvalue weighted by molar-refractivity contribution is -0.139. The number of ether oxygens (including phenoxy) is 2. The molecule has 0 aromatic heterocycles. The van der Waals surface area contributed by atoms with E-state index in [0.717, 1.165) is 31.5 Å². The van der Waals surface area contributed by atoms with Crippen molar-refractivity contribution >= 4 is 5.97 Å². The number of hydrogen-bond acceptors (Lipinski definition) is 6. The standard InChI is InChI=1S/C20H25NO6/c22-13-16-12-18(6-7-19(16)23)26-11-1-9-21-10-8-15-2-4-17(5-3-15)27-14-20(24)25/h2-7,12,21-23H,1,8-11,13-14H2,(H,24,25). The maximum atomic E-state index is 10.4. The zero-order chi connectivity index (χ0) is 19.5. The van der Waals surface area contributed by atoms with Crippen LogP contribution in [0.3, 0.4) is 0 Å². The number of aromatic hydroxyl groups is 1. The Hall–Kier alpha value is -2.77. The van der Waals surface area contributed by atoms with Crippen LogP contribution in [0, 0.1) is 0 Å². The van der Waals surface area contributed by atoms with Crippen LogP contribution >= 0.6 is 0 Å². The van der Waals surface area contributed by atoms with Crippen molar-refractivity contribution in [1.29, 1.82) is 0 Å². The topological polar surface area (TPSA) is 108 Å². The van der Waals surface area contributed by atoms with Crippen LogP contribution in [0.2, 0.25) is 0 Å². The first kappa shape index (κ1) is 20.5. The van der Waals surface area contributed by atoms with Crippen molar-refractivity contribution in [3.8, 4) is 17.2 Å². The summed E-state index contributed by atoms with van der Waals surface area (Å²) in [6.45, 7) is 1.61. The largest absolute Gasteiger partial charge is 0.508 e. The molecule has 2 aromatic rings. The summed E-state index contributed by atoms with van der Waals surface area (Å²) in [4.78, 5) is 10.4. The Bertz CT molecular complexity index is 717. The second kappa shape index (κ2) is 11.1. The maximum Gasteiger partial charge on any atom is 0.341 e. The monoisotopic (exact) mass is 375 g/mol.